The Kier molecular flexibility index (Phi) is 3.20. The van der Waals surface area contributed by atoms with Crippen LogP contribution >= 0.6 is 0 Å². The molecule has 1 aromatic carbocycles. The van der Waals surface area contributed by atoms with Crippen molar-refractivity contribution in [3.8, 4) is 5.75 Å². The van der Waals surface area contributed by atoms with Gasteiger partial charge in [-0.1, -0.05) is 18.6 Å². The van der Waals surface area contributed by atoms with Crippen molar-refractivity contribution in [2.75, 3.05) is 13.2 Å². The lowest BCUT2D eigenvalue weighted by Gasteiger charge is -2.41. The van der Waals surface area contributed by atoms with Crippen LogP contribution in [0.3, 0.4) is 0 Å². The highest BCUT2D eigenvalue weighted by molar-refractivity contribution is 5.40. The Morgan fingerprint density at radius 3 is 2.56 bits per heavy atom. The fourth-order valence-corrected chi connectivity index (χ4v) is 2.44. The molecule has 0 spiro atoms. The normalized spacial score (nSPS) is 17.9. The summed E-state index contributed by atoms with van der Waals surface area (Å²) in [5.41, 5.74) is 2.47. The number of ether oxygens (including phenoxy) is 1. The first-order valence-corrected chi connectivity index (χ1v) is 6.06. The van der Waals surface area contributed by atoms with Crippen molar-refractivity contribution < 1.29 is 9.84 Å². The van der Waals surface area contributed by atoms with Crippen molar-refractivity contribution in [3.05, 3.63) is 29.3 Å². The minimum absolute atomic E-state index is 0.0372. The van der Waals surface area contributed by atoms with Crippen molar-refractivity contribution in [1.29, 1.82) is 0 Å². The third kappa shape index (κ3) is 1.82. The zero-order valence-electron chi connectivity index (χ0n) is 10.1. The molecule has 1 aliphatic carbocycles. The Bertz CT molecular complexity index is 361. The minimum Gasteiger partial charge on any atom is -0.494 e. The summed E-state index contributed by atoms with van der Waals surface area (Å²) in [6.07, 6.45) is 3.45. The molecule has 2 rings (SSSR count). The molecule has 0 radical (unpaired) electrons. The highest BCUT2D eigenvalue weighted by Gasteiger charge is 2.38. The summed E-state index contributed by atoms with van der Waals surface area (Å²) in [4.78, 5) is 0. The molecule has 1 N–H and O–H groups in total. The number of benzene rings is 1. The van der Waals surface area contributed by atoms with Crippen LogP contribution < -0.4 is 4.74 Å². The second kappa shape index (κ2) is 4.46. The summed E-state index contributed by atoms with van der Waals surface area (Å²) in [5, 5.41) is 9.52. The Hall–Kier alpha value is -1.02. The van der Waals surface area contributed by atoms with Gasteiger partial charge in [0.2, 0.25) is 0 Å². The number of hydrogen-bond acceptors (Lipinski definition) is 2. The van der Waals surface area contributed by atoms with Gasteiger partial charge in [-0.25, -0.2) is 0 Å². The zero-order chi connectivity index (χ0) is 11.6. The highest BCUT2D eigenvalue weighted by Crippen LogP contribution is 2.44. The summed E-state index contributed by atoms with van der Waals surface area (Å²) in [6, 6.07) is 6.30. The first kappa shape index (κ1) is 11.5. The van der Waals surface area contributed by atoms with Gasteiger partial charge in [-0.2, -0.15) is 0 Å². The molecule has 0 unspecified atom stereocenters. The summed E-state index contributed by atoms with van der Waals surface area (Å²) in [5.74, 6) is 0.957. The molecule has 88 valence electrons. The fourth-order valence-electron chi connectivity index (χ4n) is 2.44. The van der Waals surface area contributed by atoms with Crippen LogP contribution in [0.15, 0.2) is 18.2 Å². The number of rotatable bonds is 4. The van der Waals surface area contributed by atoms with E-state index in [2.05, 4.69) is 19.1 Å². The van der Waals surface area contributed by atoms with Crippen LogP contribution in [0.1, 0.15) is 37.3 Å². The van der Waals surface area contributed by atoms with Gasteiger partial charge in [-0.15, -0.1) is 0 Å². The highest BCUT2D eigenvalue weighted by atomic mass is 16.5. The Labute approximate surface area is 97.3 Å². The van der Waals surface area contributed by atoms with Crippen LogP contribution in [-0.2, 0) is 5.41 Å². The number of aryl methyl sites for hydroxylation is 1. The topological polar surface area (TPSA) is 29.5 Å². The van der Waals surface area contributed by atoms with E-state index in [4.69, 9.17) is 4.74 Å². The van der Waals surface area contributed by atoms with Gasteiger partial charge < -0.3 is 9.84 Å². The van der Waals surface area contributed by atoms with E-state index in [1.165, 1.54) is 17.5 Å². The third-order valence-corrected chi connectivity index (χ3v) is 3.70. The largest absolute Gasteiger partial charge is 0.494 e. The van der Waals surface area contributed by atoms with Crippen LogP contribution in [0.5, 0.6) is 5.75 Å². The molecular formula is C14H20O2. The standard InChI is InChI=1S/C14H20O2/c1-3-16-13-6-5-12(9-11(13)2)14(10-15)7-4-8-14/h5-6,9,15H,3-4,7-8,10H2,1-2H3. The van der Waals surface area contributed by atoms with E-state index in [1.54, 1.807) is 0 Å². The average Bonchev–Trinajstić information content (AvgIpc) is 2.21. The van der Waals surface area contributed by atoms with Gasteiger partial charge in [0.05, 0.1) is 13.2 Å². The monoisotopic (exact) mass is 220 g/mol. The minimum atomic E-state index is 0.0372. The second-order valence-electron chi connectivity index (χ2n) is 4.71. The van der Waals surface area contributed by atoms with Crippen LogP contribution in [0.25, 0.3) is 0 Å². The molecule has 16 heavy (non-hydrogen) atoms. The Balaban J connectivity index is 2.26. The van der Waals surface area contributed by atoms with Crippen molar-refractivity contribution in [1.82, 2.24) is 0 Å². The summed E-state index contributed by atoms with van der Waals surface area (Å²) in [7, 11) is 0. The van der Waals surface area contributed by atoms with E-state index in [9.17, 15) is 5.11 Å². The molecule has 0 bridgehead atoms. The predicted molar refractivity (Wildman–Crippen MR) is 65.0 cm³/mol. The van der Waals surface area contributed by atoms with Crippen molar-refractivity contribution >= 4 is 0 Å². The van der Waals surface area contributed by atoms with Crippen LogP contribution in [-0.4, -0.2) is 18.3 Å². The van der Waals surface area contributed by atoms with Crippen molar-refractivity contribution in [2.45, 2.75) is 38.5 Å². The number of hydrogen-bond donors (Lipinski definition) is 1. The van der Waals surface area contributed by atoms with Crippen LogP contribution in [0, 0.1) is 6.92 Å². The van der Waals surface area contributed by atoms with Gasteiger partial charge in [0.15, 0.2) is 0 Å². The van der Waals surface area contributed by atoms with Crippen molar-refractivity contribution in [2.24, 2.45) is 0 Å². The summed E-state index contributed by atoms with van der Waals surface area (Å²) in [6.45, 7) is 5.03. The Morgan fingerprint density at radius 2 is 2.12 bits per heavy atom. The molecule has 0 heterocycles. The summed E-state index contributed by atoms with van der Waals surface area (Å²) >= 11 is 0. The molecule has 0 saturated heterocycles. The van der Waals surface area contributed by atoms with Gasteiger partial charge in [-0.05, 0) is 43.9 Å². The fraction of sp³-hybridized carbons (Fsp3) is 0.571. The molecule has 0 atom stereocenters. The van der Waals surface area contributed by atoms with E-state index >= 15 is 0 Å². The number of aliphatic hydroxyl groups excluding tert-OH is 1. The van der Waals surface area contributed by atoms with Gasteiger partial charge in [0.25, 0.3) is 0 Å². The van der Waals surface area contributed by atoms with Crippen molar-refractivity contribution in [3.63, 3.8) is 0 Å². The average molecular weight is 220 g/mol. The van der Waals surface area contributed by atoms with E-state index < -0.39 is 0 Å². The molecule has 1 saturated carbocycles. The lowest BCUT2D eigenvalue weighted by atomic mass is 9.65. The van der Waals surface area contributed by atoms with E-state index in [0.717, 1.165) is 18.6 Å². The lowest BCUT2D eigenvalue weighted by Crippen LogP contribution is -2.37. The third-order valence-electron chi connectivity index (χ3n) is 3.70. The maximum atomic E-state index is 9.52. The molecule has 1 aromatic rings. The van der Waals surface area contributed by atoms with Crippen LogP contribution in [0.2, 0.25) is 0 Å². The smallest absolute Gasteiger partial charge is 0.122 e. The number of aliphatic hydroxyl groups is 1. The van der Waals surface area contributed by atoms with E-state index in [-0.39, 0.29) is 12.0 Å². The molecule has 0 aliphatic heterocycles. The maximum Gasteiger partial charge on any atom is 0.122 e. The predicted octanol–water partition coefficient (Wildman–Crippen LogP) is 2.81. The SMILES string of the molecule is CCOc1ccc(C2(CO)CCC2)cc1C. The quantitative estimate of drug-likeness (QED) is 0.845. The molecule has 1 aliphatic rings. The van der Waals surface area contributed by atoms with Crippen LogP contribution in [0.4, 0.5) is 0 Å². The maximum absolute atomic E-state index is 9.52. The summed E-state index contributed by atoms with van der Waals surface area (Å²) < 4.78 is 5.53. The molecule has 0 aromatic heterocycles. The molecule has 2 nitrogen and oxygen atoms in total. The second-order valence-corrected chi connectivity index (χ2v) is 4.71. The Morgan fingerprint density at radius 1 is 1.38 bits per heavy atom. The first-order valence-electron chi connectivity index (χ1n) is 6.06. The van der Waals surface area contributed by atoms with Gasteiger partial charge in [0.1, 0.15) is 5.75 Å². The molecule has 1 fully saturated rings. The lowest BCUT2D eigenvalue weighted by molar-refractivity contribution is 0.120. The van der Waals surface area contributed by atoms with Gasteiger partial charge in [-0.3, -0.25) is 0 Å². The molecule has 0 amide bonds. The van der Waals surface area contributed by atoms with E-state index in [1.807, 2.05) is 13.0 Å². The zero-order valence-corrected chi connectivity index (χ0v) is 10.1. The van der Waals surface area contributed by atoms with Gasteiger partial charge >= 0.3 is 0 Å². The van der Waals surface area contributed by atoms with E-state index in [0.29, 0.717) is 6.61 Å². The molecule has 2 heteroatoms. The van der Waals surface area contributed by atoms with Gasteiger partial charge in [0, 0.05) is 5.41 Å². The first-order chi connectivity index (χ1) is 7.72. The molecular weight excluding hydrogens is 200 g/mol.